The first-order valence-electron chi connectivity index (χ1n) is 5.75. The highest BCUT2D eigenvalue weighted by atomic mass is 79.9. The molecule has 0 bridgehead atoms. The van der Waals surface area contributed by atoms with E-state index in [1.165, 1.54) is 4.90 Å². The van der Waals surface area contributed by atoms with Crippen molar-refractivity contribution in [2.45, 2.75) is 37.8 Å². The molecule has 18 heavy (non-hydrogen) atoms. The molecule has 1 aromatic rings. The van der Waals surface area contributed by atoms with Crippen LogP contribution in [0.4, 0.5) is 4.79 Å². The summed E-state index contributed by atoms with van der Waals surface area (Å²) < 4.78 is 6.48. The van der Waals surface area contributed by atoms with E-state index in [-0.39, 0.29) is 6.09 Å². The fourth-order valence-electron chi connectivity index (χ4n) is 1.68. The van der Waals surface area contributed by atoms with Crippen LogP contribution in [0.25, 0.3) is 0 Å². The quantitative estimate of drug-likeness (QED) is 0.712. The van der Waals surface area contributed by atoms with Crippen molar-refractivity contribution < 1.29 is 9.53 Å². The Morgan fingerprint density at radius 1 is 1.44 bits per heavy atom. The van der Waals surface area contributed by atoms with E-state index in [9.17, 15) is 4.79 Å². The lowest BCUT2D eigenvalue weighted by molar-refractivity contribution is 0.0268. The number of benzene rings is 1. The molecular weight excluding hydrogens is 314 g/mol. The van der Waals surface area contributed by atoms with Gasteiger partial charge in [-0.1, -0.05) is 12.1 Å². The lowest BCUT2D eigenvalue weighted by Crippen LogP contribution is -2.37. The van der Waals surface area contributed by atoms with Gasteiger partial charge < -0.3 is 4.74 Å². The summed E-state index contributed by atoms with van der Waals surface area (Å²) in [6.07, 6.45) is -0.249. The molecule has 98 valence electrons. The second kappa shape index (κ2) is 5.13. The van der Waals surface area contributed by atoms with E-state index in [4.69, 9.17) is 4.74 Å². The molecule has 0 N–H and O–H groups in total. The fourth-order valence-corrected chi connectivity index (χ4v) is 3.43. The molecule has 5 heteroatoms. The van der Waals surface area contributed by atoms with E-state index in [1.54, 1.807) is 16.7 Å². The minimum atomic E-state index is -0.445. The van der Waals surface area contributed by atoms with Crippen molar-refractivity contribution in [3.63, 3.8) is 0 Å². The number of rotatable bonds is 0. The molecule has 1 aromatic carbocycles. The zero-order chi connectivity index (χ0) is 13.3. The normalized spacial score (nSPS) is 15.2. The number of hydrogen-bond acceptors (Lipinski definition) is 3. The van der Waals surface area contributed by atoms with Gasteiger partial charge in [-0.25, -0.2) is 4.79 Å². The van der Waals surface area contributed by atoms with Gasteiger partial charge in [0.05, 0.1) is 12.4 Å². The maximum absolute atomic E-state index is 12.0. The molecule has 0 radical (unpaired) electrons. The summed E-state index contributed by atoms with van der Waals surface area (Å²) in [5, 5.41) is 0. The van der Waals surface area contributed by atoms with Crippen LogP contribution in [0, 0.1) is 0 Å². The van der Waals surface area contributed by atoms with E-state index in [0.29, 0.717) is 12.4 Å². The van der Waals surface area contributed by atoms with Gasteiger partial charge in [0.1, 0.15) is 5.60 Å². The fraction of sp³-hybridized carbons (Fsp3) is 0.462. The van der Waals surface area contributed by atoms with Crippen molar-refractivity contribution in [3.8, 4) is 0 Å². The van der Waals surface area contributed by atoms with E-state index >= 15 is 0 Å². The number of hydrogen-bond donors (Lipinski definition) is 0. The van der Waals surface area contributed by atoms with Crippen molar-refractivity contribution in [1.29, 1.82) is 0 Å². The SMILES string of the molecule is CC(C)(C)OC(=O)N1CSc2c(Br)cccc2C1. The third kappa shape index (κ3) is 3.20. The Morgan fingerprint density at radius 2 is 2.17 bits per heavy atom. The molecule has 1 heterocycles. The molecule has 2 rings (SSSR count). The zero-order valence-corrected chi connectivity index (χ0v) is 13.1. The minimum absolute atomic E-state index is 0.249. The van der Waals surface area contributed by atoms with Gasteiger partial charge >= 0.3 is 6.09 Å². The summed E-state index contributed by atoms with van der Waals surface area (Å²) in [6, 6.07) is 6.06. The first kappa shape index (κ1) is 13.7. The Bertz CT molecular complexity index is 471. The van der Waals surface area contributed by atoms with Crippen LogP contribution < -0.4 is 0 Å². The first-order chi connectivity index (χ1) is 8.37. The highest BCUT2D eigenvalue weighted by molar-refractivity contribution is 9.10. The van der Waals surface area contributed by atoms with Crippen molar-refractivity contribution in [1.82, 2.24) is 4.90 Å². The Kier molecular flexibility index (Phi) is 3.92. The number of fused-ring (bicyclic) bond motifs is 1. The highest BCUT2D eigenvalue weighted by Crippen LogP contribution is 2.36. The van der Waals surface area contributed by atoms with Crippen LogP contribution in [0.15, 0.2) is 27.6 Å². The monoisotopic (exact) mass is 329 g/mol. The Morgan fingerprint density at radius 3 is 2.83 bits per heavy atom. The molecular formula is C13H16BrNO2S. The summed E-state index contributed by atoms with van der Waals surface area (Å²) in [6.45, 7) is 6.25. The summed E-state index contributed by atoms with van der Waals surface area (Å²) in [4.78, 5) is 14.9. The number of carbonyl (C=O) groups excluding carboxylic acids is 1. The molecule has 0 saturated heterocycles. The van der Waals surface area contributed by atoms with Crippen LogP contribution in [0.2, 0.25) is 0 Å². The van der Waals surface area contributed by atoms with Crippen LogP contribution in [-0.4, -0.2) is 22.5 Å². The van der Waals surface area contributed by atoms with Gasteiger partial charge in [0.2, 0.25) is 0 Å². The van der Waals surface area contributed by atoms with Gasteiger partial charge in [0, 0.05) is 9.37 Å². The molecule has 0 atom stereocenters. The predicted molar refractivity (Wildman–Crippen MR) is 76.6 cm³/mol. The molecule has 0 saturated carbocycles. The van der Waals surface area contributed by atoms with Gasteiger partial charge in [0.25, 0.3) is 0 Å². The van der Waals surface area contributed by atoms with Gasteiger partial charge in [-0.3, -0.25) is 4.90 Å². The van der Waals surface area contributed by atoms with Crippen LogP contribution in [0.3, 0.4) is 0 Å². The Hall–Kier alpha value is -0.680. The molecule has 1 aliphatic rings. The standard InChI is InChI=1S/C13H16BrNO2S/c1-13(2,3)17-12(16)15-7-9-5-4-6-10(14)11(9)18-8-15/h4-6H,7-8H2,1-3H3. The predicted octanol–water partition coefficient (Wildman–Crippen LogP) is 4.25. The smallest absolute Gasteiger partial charge is 0.411 e. The lowest BCUT2D eigenvalue weighted by Gasteiger charge is -2.31. The van der Waals surface area contributed by atoms with Crippen LogP contribution >= 0.6 is 27.7 Å². The molecule has 0 spiro atoms. The number of carbonyl (C=O) groups is 1. The third-order valence-electron chi connectivity index (χ3n) is 2.43. The summed E-state index contributed by atoms with van der Waals surface area (Å²) in [5.74, 6) is 0.629. The average molecular weight is 330 g/mol. The highest BCUT2D eigenvalue weighted by Gasteiger charge is 2.26. The Balaban J connectivity index is 2.11. The van der Waals surface area contributed by atoms with Gasteiger partial charge in [-0.15, -0.1) is 11.8 Å². The number of amides is 1. The zero-order valence-electron chi connectivity index (χ0n) is 10.7. The largest absolute Gasteiger partial charge is 0.444 e. The average Bonchev–Trinajstić information content (AvgIpc) is 2.26. The number of thioether (sulfide) groups is 1. The van der Waals surface area contributed by atoms with Crippen LogP contribution in [-0.2, 0) is 11.3 Å². The second-order valence-corrected chi connectivity index (χ2v) is 6.99. The number of nitrogens with zero attached hydrogens (tertiary/aromatic N) is 1. The lowest BCUT2D eigenvalue weighted by atomic mass is 10.2. The van der Waals surface area contributed by atoms with Crippen molar-refractivity contribution >= 4 is 33.8 Å². The maximum atomic E-state index is 12.0. The summed E-state index contributed by atoms with van der Waals surface area (Å²) >= 11 is 5.19. The molecule has 0 aliphatic carbocycles. The number of halogens is 1. The van der Waals surface area contributed by atoms with E-state index in [1.807, 2.05) is 39.0 Å². The van der Waals surface area contributed by atoms with E-state index in [2.05, 4.69) is 15.9 Å². The molecule has 0 aromatic heterocycles. The minimum Gasteiger partial charge on any atom is -0.444 e. The molecule has 0 fully saturated rings. The first-order valence-corrected chi connectivity index (χ1v) is 7.53. The topological polar surface area (TPSA) is 29.5 Å². The number of ether oxygens (including phenoxy) is 1. The molecule has 1 amide bonds. The summed E-state index contributed by atoms with van der Waals surface area (Å²) in [7, 11) is 0. The maximum Gasteiger partial charge on any atom is 0.411 e. The molecule has 1 aliphatic heterocycles. The van der Waals surface area contributed by atoms with Crippen LogP contribution in [0.1, 0.15) is 26.3 Å². The Labute approximate surface area is 120 Å². The second-order valence-electron chi connectivity index (χ2n) is 5.18. The van der Waals surface area contributed by atoms with E-state index < -0.39 is 5.60 Å². The molecule has 3 nitrogen and oxygen atoms in total. The van der Waals surface area contributed by atoms with Gasteiger partial charge in [-0.2, -0.15) is 0 Å². The van der Waals surface area contributed by atoms with Crippen LogP contribution in [0.5, 0.6) is 0 Å². The van der Waals surface area contributed by atoms with Gasteiger partial charge in [-0.05, 0) is 48.3 Å². The van der Waals surface area contributed by atoms with E-state index in [0.717, 1.165) is 10.0 Å². The molecule has 0 unspecified atom stereocenters. The van der Waals surface area contributed by atoms with Crippen molar-refractivity contribution in [2.24, 2.45) is 0 Å². The van der Waals surface area contributed by atoms with Gasteiger partial charge in [0.15, 0.2) is 0 Å². The van der Waals surface area contributed by atoms with Crippen molar-refractivity contribution in [2.75, 3.05) is 5.88 Å². The summed E-state index contributed by atoms with van der Waals surface area (Å²) in [5.41, 5.74) is 0.714. The van der Waals surface area contributed by atoms with Crippen molar-refractivity contribution in [3.05, 3.63) is 28.2 Å². The third-order valence-corrected chi connectivity index (χ3v) is 4.56.